The summed E-state index contributed by atoms with van der Waals surface area (Å²) in [6, 6.07) is 9.59. The second-order valence-corrected chi connectivity index (χ2v) is 7.93. The molecule has 27 heavy (non-hydrogen) atoms. The number of benzene rings is 1. The van der Waals surface area contributed by atoms with Crippen LogP contribution < -0.4 is 11.1 Å². The Morgan fingerprint density at radius 1 is 1.15 bits per heavy atom. The molecule has 0 aliphatic carbocycles. The number of halogens is 2. The maximum atomic E-state index is 12.3. The number of nitrogens with zero attached hydrogens (tertiary/aromatic N) is 1. The molecule has 0 spiro atoms. The highest BCUT2D eigenvalue weighted by molar-refractivity contribution is 5.85. The molecule has 1 aromatic rings. The van der Waals surface area contributed by atoms with E-state index in [1.807, 2.05) is 37.3 Å². The first kappa shape index (κ1) is 26.2. The molecule has 1 aromatic carbocycles. The zero-order valence-corrected chi connectivity index (χ0v) is 18.5. The quantitative estimate of drug-likeness (QED) is 0.627. The van der Waals surface area contributed by atoms with Crippen LogP contribution in [0.15, 0.2) is 30.3 Å². The fourth-order valence-corrected chi connectivity index (χ4v) is 3.93. The molecule has 1 heterocycles. The van der Waals surface area contributed by atoms with Crippen LogP contribution in [0.1, 0.15) is 51.6 Å². The second-order valence-electron chi connectivity index (χ2n) is 7.93. The largest absolute Gasteiger partial charge is 0.356 e. The van der Waals surface area contributed by atoms with Gasteiger partial charge in [-0.15, -0.1) is 24.8 Å². The van der Waals surface area contributed by atoms with Crippen molar-refractivity contribution in [1.29, 1.82) is 0 Å². The van der Waals surface area contributed by atoms with Gasteiger partial charge in [0.05, 0.1) is 5.92 Å². The third kappa shape index (κ3) is 8.82. The molecule has 0 bridgehead atoms. The highest BCUT2D eigenvalue weighted by Crippen LogP contribution is 2.21. The van der Waals surface area contributed by atoms with E-state index in [1.54, 1.807) is 0 Å². The Hall–Kier alpha value is -0.810. The van der Waals surface area contributed by atoms with Crippen LogP contribution in [0.25, 0.3) is 0 Å². The normalized spacial score (nSPS) is 22.1. The molecule has 6 heteroatoms. The van der Waals surface area contributed by atoms with Crippen molar-refractivity contribution >= 4 is 30.7 Å². The van der Waals surface area contributed by atoms with Crippen LogP contribution in [0.3, 0.4) is 0 Å². The predicted molar refractivity (Wildman–Crippen MR) is 119 cm³/mol. The lowest BCUT2D eigenvalue weighted by Gasteiger charge is -2.34. The number of carbonyl (C=O) groups is 1. The van der Waals surface area contributed by atoms with Gasteiger partial charge in [0.2, 0.25) is 5.91 Å². The fraction of sp³-hybridized carbons (Fsp3) is 0.667. The van der Waals surface area contributed by atoms with Crippen molar-refractivity contribution in [2.75, 3.05) is 26.2 Å². The Balaban J connectivity index is 0.00000338. The molecular weight excluding hydrogens is 381 g/mol. The van der Waals surface area contributed by atoms with Crippen LogP contribution in [0.5, 0.6) is 0 Å². The Morgan fingerprint density at radius 3 is 2.33 bits per heavy atom. The summed E-state index contributed by atoms with van der Waals surface area (Å²) >= 11 is 0. The molecular formula is C21H37Cl2N3O. The van der Waals surface area contributed by atoms with E-state index in [-0.39, 0.29) is 42.7 Å². The minimum Gasteiger partial charge on any atom is -0.356 e. The first-order chi connectivity index (χ1) is 12.0. The third-order valence-electron chi connectivity index (χ3n) is 5.28. The van der Waals surface area contributed by atoms with Gasteiger partial charge in [0.25, 0.3) is 0 Å². The van der Waals surface area contributed by atoms with Gasteiger partial charge < -0.3 is 16.0 Å². The molecule has 4 nitrogen and oxygen atoms in total. The SMILES string of the molecule is CC1CC(C)CN(CCCCNC(=O)C(C)C(N)c2ccccc2)C1.Cl.Cl. The number of hydrogen-bond acceptors (Lipinski definition) is 3. The summed E-state index contributed by atoms with van der Waals surface area (Å²) in [7, 11) is 0. The molecule has 0 radical (unpaired) electrons. The van der Waals surface area contributed by atoms with Gasteiger partial charge in [-0.05, 0) is 43.2 Å². The van der Waals surface area contributed by atoms with E-state index in [1.165, 1.54) is 19.5 Å². The van der Waals surface area contributed by atoms with E-state index in [0.717, 1.165) is 43.3 Å². The van der Waals surface area contributed by atoms with Gasteiger partial charge in [-0.3, -0.25) is 4.79 Å². The monoisotopic (exact) mass is 417 g/mol. The topological polar surface area (TPSA) is 58.4 Å². The van der Waals surface area contributed by atoms with Gasteiger partial charge in [0, 0.05) is 25.7 Å². The minimum absolute atomic E-state index is 0. The van der Waals surface area contributed by atoms with Gasteiger partial charge in [0.15, 0.2) is 0 Å². The summed E-state index contributed by atoms with van der Waals surface area (Å²) in [6.45, 7) is 10.9. The van der Waals surface area contributed by atoms with E-state index in [9.17, 15) is 4.79 Å². The lowest BCUT2D eigenvalue weighted by molar-refractivity contribution is -0.125. The Morgan fingerprint density at radius 2 is 1.74 bits per heavy atom. The predicted octanol–water partition coefficient (Wildman–Crippen LogP) is 4.04. The summed E-state index contributed by atoms with van der Waals surface area (Å²) in [5.41, 5.74) is 7.24. The molecule has 0 saturated carbocycles. The van der Waals surface area contributed by atoms with Crippen LogP contribution in [0.2, 0.25) is 0 Å². The standard InChI is InChI=1S/C21H35N3O.2ClH/c1-16-13-17(2)15-24(14-16)12-8-7-11-23-21(25)18(3)20(22)19-9-5-4-6-10-19;;/h4-6,9-10,16-18,20H,7-8,11-15,22H2,1-3H3,(H,23,25);2*1H. The number of nitrogens with one attached hydrogen (secondary N) is 1. The van der Waals surface area contributed by atoms with Crippen LogP contribution in [0.4, 0.5) is 0 Å². The summed E-state index contributed by atoms with van der Waals surface area (Å²) in [6.07, 6.45) is 3.52. The summed E-state index contributed by atoms with van der Waals surface area (Å²) in [5, 5.41) is 3.05. The van der Waals surface area contributed by atoms with Crippen molar-refractivity contribution in [3.8, 4) is 0 Å². The Bertz CT molecular complexity index is 519. The van der Waals surface area contributed by atoms with Crippen molar-refractivity contribution in [3.05, 3.63) is 35.9 Å². The van der Waals surface area contributed by atoms with Crippen molar-refractivity contribution < 1.29 is 4.79 Å². The minimum atomic E-state index is -0.252. The zero-order valence-electron chi connectivity index (χ0n) is 16.9. The number of nitrogens with two attached hydrogens (primary N) is 1. The smallest absolute Gasteiger partial charge is 0.224 e. The van der Waals surface area contributed by atoms with Crippen LogP contribution in [-0.2, 0) is 4.79 Å². The molecule has 156 valence electrons. The molecule has 1 saturated heterocycles. The van der Waals surface area contributed by atoms with Crippen molar-refractivity contribution in [2.45, 2.75) is 46.1 Å². The number of amides is 1. The lowest BCUT2D eigenvalue weighted by Crippen LogP contribution is -2.39. The van der Waals surface area contributed by atoms with Gasteiger partial charge in [-0.2, -0.15) is 0 Å². The van der Waals surface area contributed by atoms with Crippen LogP contribution in [-0.4, -0.2) is 37.0 Å². The van der Waals surface area contributed by atoms with Crippen molar-refractivity contribution in [3.63, 3.8) is 0 Å². The van der Waals surface area contributed by atoms with E-state index in [2.05, 4.69) is 24.1 Å². The Labute approximate surface area is 177 Å². The van der Waals surface area contributed by atoms with E-state index >= 15 is 0 Å². The first-order valence-electron chi connectivity index (χ1n) is 9.78. The first-order valence-corrected chi connectivity index (χ1v) is 9.78. The number of hydrogen-bond donors (Lipinski definition) is 2. The van der Waals surface area contributed by atoms with Crippen LogP contribution in [0, 0.1) is 17.8 Å². The number of piperidine rings is 1. The fourth-order valence-electron chi connectivity index (χ4n) is 3.93. The molecule has 1 aliphatic heterocycles. The van der Waals surface area contributed by atoms with Gasteiger partial charge >= 0.3 is 0 Å². The molecule has 2 rings (SSSR count). The van der Waals surface area contributed by atoms with Gasteiger partial charge in [-0.1, -0.05) is 51.1 Å². The summed E-state index contributed by atoms with van der Waals surface area (Å²) < 4.78 is 0. The second kappa shape index (κ2) is 13.4. The number of likely N-dealkylation sites (tertiary alicyclic amines) is 1. The average molecular weight is 418 g/mol. The van der Waals surface area contributed by atoms with E-state index in [0.29, 0.717) is 0 Å². The molecule has 0 aromatic heterocycles. The zero-order chi connectivity index (χ0) is 18.2. The number of carbonyl (C=O) groups excluding carboxylic acids is 1. The highest BCUT2D eigenvalue weighted by Gasteiger charge is 2.22. The maximum Gasteiger partial charge on any atom is 0.224 e. The third-order valence-corrected chi connectivity index (χ3v) is 5.28. The maximum absolute atomic E-state index is 12.3. The molecule has 4 unspecified atom stereocenters. The van der Waals surface area contributed by atoms with Crippen molar-refractivity contribution in [1.82, 2.24) is 10.2 Å². The van der Waals surface area contributed by atoms with E-state index in [4.69, 9.17) is 5.73 Å². The Kier molecular flexibility index (Phi) is 13.0. The number of rotatable bonds is 8. The summed E-state index contributed by atoms with van der Waals surface area (Å²) in [4.78, 5) is 14.9. The molecule has 1 aliphatic rings. The molecule has 4 atom stereocenters. The average Bonchev–Trinajstić information content (AvgIpc) is 2.60. The number of unbranched alkanes of at least 4 members (excludes halogenated alkanes) is 1. The van der Waals surface area contributed by atoms with Gasteiger partial charge in [-0.25, -0.2) is 0 Å². The van der Waals surface area contributed by atoms with Crippen LogP contribution >= 0.6 is 24.8 Å². The van der Waals surface area contributed by atoms with Gasteiger partial charge in [0.1, 0.15) is 0 Å². The van der Waals surface area contributed by atoms with Crippen molar-refractivity contribution in [2.24, 2.45) is 23.5 Å². The lowest BCUT2D eigenvalue weighted by atomic mass is 9.92. The summed E-state index contributed by atoms with van der Waals surface area (Å²) in [5.74, 6) is 1.45. The molecule has 1 amide bonds. The van der Waals surface area contributed by atoms with E-state index < -0.39 is 0 Å². The molecule has 1 fully saturated rings. The highest BCUT2D eigenvalue weighted by atomic mass is 35.5. The molecule has 3 N–H and O–H groups in total.